The summed E-state index contributed by atoms with van der Waals surface area (Å²) in [5.74, 6) is 0. The van der Waals surface area contributed by atoms with Gasteiger partial charge in [-0.25, -0.2) is 20.0 Å². The monoisotopic (exact) mass is 678 g/mol. The fraction of sp³-hybridized carbons (Fsp3) is 0. The summed E-state index contributed by atoms with van der Waals surface area (Å²) in [6, 6.07) is 10.3. The lowest BCUT2D eigenvalue weighted by Crippen LogP contribution is -1.99. The Kier molecular flexibility index (Phi) is 11.2. The molecule has 236 valence electrons. The Labute approximate surface area is 257 Å². The molecule has 5 aliphatic rings. The average molecular weight is 679 g/mol. The van der Waals surface area contributed by atoms with Crippen molar-refractivity contribution in [2.24, 2.45) is 20.0 Å². The zero-order valence-electron chi connectivity index (χ0n) is 22.4. The number of hydrogen-bond donors (Lipinski definition) is 6. The minimum absolute atomic E-state index is 0.877. The summed E-state index contributed by atoms with van der Waals surface area (Å²) in [4.78, 5) is 19.1. The van der Waals surface area contributed by atoms with Crippen molar-refractivity contribution in [3.63, 3.8) is 0 Å². The van der Waals surface area contributed by atoms with Gasteiger partial charge in [0.15, 0.2) is 0 Å². The number of benzene rings is 1. The molecule has 0 saturated carbocycles. The van der Waals surface area contributed by atoms with Crippen molar-refractivity contribution in [1.29, 1.82) is 0 Å². The fourth-order valence-corrected chi connectivity index (χ4v) is 3.79. The van der Waals surface area contributed by atoms with Gasteiger partial charge >= 0.3 is 31.2 Å². The number of aliphatic imine (C=N–C) groups is 4. The van der Waals surface area contributed by atoms with Crippen LogP contribution in [-0.2, 0) is 31.2 Å². The first kappa shape index (κ1) is 34.9. The molecule has 0 unspecified atom stereocenters. The Bertz CT molecular complexity index is 1980. The van der Waals surface area contributed by atoms with Crippen molar-refractivity contribution in [1.82, 2.24) is 0 Å². The number of nitrogens with zero attached hydrogens (tertiary/aromatic N) is 4. The smallest absolute Gasteiger partial charge is 0.264 e. The molecule has 0 saturated heterocycles. The van der Waals surface area contributed by atoms with Crippen LogP contribution in [0.15, 0.2) is 140 Å². The van der Waals surface area contributed by atoms with Gasteiger partial charge < -0.3 is 0 Å². The quantitative estimate of drug-likeness (QED) is 0.234. The maximum Gasteiger partial charge on any atom is 0.394 e. The van der Waals surface area contributed by atoms with E-state index in [1.807, 2.05) is 85.0 Å². The van der Waals surface area contributed by atoms with E-state index in [0.717, 1.165) is 56.8 Å². The van der Waals surface area contributed by atoms with Gasteiger partial charge in [-0.15, -0.1) is 0 Å². The summed E-state index contributed by atoms with van der Waals surface area (Å²) < 4.78 is 94.8. The van der Waals surface area contributed by atoms with Crippen LogP contribution >= 0.6 is 0 Å². The van der Waals surface area contributed by atoms with Crippen molar-refractivity contribution in [2.75, 3.05) is 0 Å². The molecular weight excluding hydrogens is 657 g/mol. The van der Waals surface area contributed by atoms with Crippen LogP contribution in [0.3, 0.4) is 0 Å². The van der Waals surface area contributed by atoms with E-state index in [1.54, 1.807) is 0 Å². The molecule has 0 spiro atoms. The molecule has 1 aromatic rings. The lowest BCUT2D eigenvalue weighted by atomic mass is 9.99. The molecule has 0 atom stereocenters. The SMILES string of the molecule is C1=CC2=NC1=CC1=NC(=C(c3ccccc3)C3=NC(=CC4=NC(=C2)C=C4)C=C3)C=C1.O=S(=O)(O)O.O=S(=O)(O)O.O=S(=O)(O)O. The minimum Gasteiger partial charge on any atom is -0.264 e. The lowest BCUT2D eigenvalue weighted by molar-refractivity contribution is 0.378. The zero-order chi connectivity index (χ0) is 33.4. The molecule has 0 aromatic heterocycles. The predicted octanol–water partition coefficient (Wildman–Crippen LogP) is 3.15. The van der Waals surface area contributed by atoms with Gasteiger partial charge in [0.25, 0.3) is 0 Å². The van der Waals surface area contributed by atoms with Crippen LogP contribution in [0.5, 0.6) is 0 Å². The molecule has 0 radical (unpaired) electrons. The van der Waals surface area contributed by atoms with Crippen LogP contribution in [0, 0.1) is 0 Å². The van der Waals surface area contributed by atoms with E-state index in [0.29, 0.717) is 0 Å². The maximum atomic E-state index is 8.74. The lowest BCUT2D eigenvalue weighted by Gasteiger charge is -2.08. The van der Waals surface area contributed by atoms with Gasteiger partial charge in [0.1, 0.15) is 0 Å². The van der Waals surface area contributed by atoms with E-state index < -0.39 is 31.2 Å². The molecule has 6 rings (SSSR count). The van der Waals surface area contributed by atoms with E-state index in [-0.39, 0.29) is 0 Å². The van der Waals surface area contributed by atoms with Crippen LogP contribution in [0.2, 0.25) is 0 Å². The first-order chi connectivity index (χ1) is 20.8. The summed E-state index contributed by atoms with van der Waals surface area (Å²) in [6.45, 7) is 0. The van der Waals surface area contributed by atoms with Gasteiger partial charge in [-0.2, -0.15) is 25.3 Å². The molecule has 6 N–H and O–H groups in total. The summed E-state index contributed by atoms with van der Waals surface area (Å²) in [6.07, 6.45) is 22.1. The second-order valence-corrected chi connectivity index (χ2v) is 11.3. The second-order valence-electron chi connectivity index (χ2n) is 8.62. The Morgan fingerprint density at radius 2 is 0.822 bits per heavy atom. The van der Waals surface area contributed by atoms with Crippen molar-refractivity contribution in [3.8, 4) is 0 Å². The number of fused-ring (bicyclic) bond motifs is 4. The highest BCUT2D eigenvalue weighted by molar-refractivity contribution is 7.80. The Morgan fingerprint density at radius 3 is 1.29 bits per heavy atom. The second kappa shape index (κ2) is 14.5. The van der Waals surface area contributed by atoms with Crippen LogP contribution in [0.1, 0.15) is 5.56 Å². The van der Waals surface area contributed by atoms with Crippen molar-refractivity contribution < 1.29 is 52.6 Å². The standard InChI is InChI=1S/C26H16N4.3H2O4S/c1-2-4-17(5-3-1)26-24-12-10-22(29-24)15-20-8-6-18(27-20)14-19-7-9-21(28-19)16-23-11-13-25(26)30-23;3*1-5(2,3)4/h1-16H;3*(H2,1,2,3,4). The fourth-order valence-electron chi connectivity index (χ4n) is 3.79. The van der Waals surface area contributed by atoms with E-state index in [4.69, 9.17) is 62.6 Å². The molecule has 19 heteroatoms. The maximum absolute atomic E-state index is 8.74. The first-order valence-electron chi connectivity index (χ1n) is 11.9. The molecule has 8 bridgehead atoms. The van der Waals surface area contributed by atoms with E-state index in [2.05, 4.69) is 22.1 Å². The third-order valence-electron chi connectivity index (χ3n) is 5.15. The number of hydrogen-bond acceptors (Lipinski definition) is 10. The first-order valence-corrected chi connectivity index (χ1v) is 16.1. The Morgan fingerprint density at radius 1 is 0.444 bits per heavy atom. The van der Waals surface area contributed by atoms with Crippen LogP contribution in [-0.4, -0.2) is 75.4 Å². The highest BCUT2D eigenvalue weighted by Gasteiger charge is 2.19. The van der Waals surface area contributed by atoms with Gasteiger partial charge in [0, 0.05) is 5.57 Å². The van der Waals surface area contributed by atoms with E-state index in [9.17, 15) is 0 Å². The van der Waals surface area contributed by atoms with Gasteiger partial charge in [-0.1, -0.05) is 30.3 Å². The summed E-state index contributed by atoms with van der Waals surface area (Å²) in [5.41, 5.74) is 9.19. The Balaban J connectivity index is 0.000000309. The highest BCUT2D eigenvalue weighted by atomic mass is 32.3. The van der Waals surface area contributed by atoms with Gasteiger partial charge in [-0.05, 0) is 72.4 Å². The summed E-state index contributed by atoms with van der Waals surface area (Å²) >= 11 is 0. The number of allylic oxidation sites excluding steroid dienone is 12. The van der Waals surface area contributed by atoms with Crippen molar-refractivity contribution >= 4 is 59.6 Å². The average Bonchev–Trinajstić information content (AvgIpc) is 3.68. The zero-order valence-corrected chi connectivity index (χ0v) is 24.8. The number of rotatable bonds is 1. The third kappa shape index (κ3) is 13.7. The molecular formula is C26H22N4O12S3. The highest BCUT2D eigenvalue weighted by Crippen LogP contribution is 2.29. The third-order valence-corrected chi connectivity index (χ3v) is 5.15. The molecule has 5 aliphatic heterocycles. The minimum atomic E-state index is -4.67. The summed E-state index contributed by atoms with van der Waals surface area (Å²) in [5, 5.41) is 0. The molecule has 45 heavy (non-hydrogen) atoms. The topological polar surface area (TPSA) is 273 Å². The largest absolute Gasteiger partial charge is 0.394 e. The van der Waals surface area contributed by atoms with E-state index >= 15 is 0 Å². The molecule has 0 aliphatic carbocycles. The van der Waals surface area contributed by atoms with Crippen molar-refractivity contribution in [3.05, 3.63) is 126 Å². The normalized spacial score (nSPS) is 17.7. The predicted molar refractivity (Wildman–Crippen MR) is 166 cm³/mol. The molecule has 16 nitrogen and oxygen atoms in total. The molecule has 0 amide bonds. The van der Waals surface area contributed by atoms with Crippen LogP contribution in [0.4, 0.5) is 0 Å². The van der Waals surface area contributed by atoms with Gasteiger partial charge in [0.2, 0.25) is 0 Å². The van der Waals surface area contributed by atoms with Gasteiger partial charge in [-0.3, -0.25) is 27.3 Å². The van der Waals surface area contributed by atoms with Crippen LogP contribution < -0.4 is 0 Å². The molecule has 0 fully saturated rings. The molecule has 1 aromatic carbocycles. The Hall–Kier alpha value is -4.57. The van der Waals surface area contributed by atoms with Crippen molar-refractivity contribution in [2.45, 2.75) is 0 Å². The van der Waals surface area contributed by atoms with Crippen LogP contribution in [0.25, 0.3) is 5.57 Å². The van der Waals surface area contributed by atoms with E-state index in [1.165, 1.54) is 0 Å². The molecule has 5 heterocycles. The van der Waals surface area contributed by atoms with Gasteiger partial charge in [0.05, 0.1) is 45.6 Å². The summed E-state index contributed by atoms with van der Waals surface area (Å²) in [7, 11) is -14.0.